The van der Waals surface area contributed by atoms with Gasteiger partial charge in [0.1, 0.15) is 23.7 Å². The number of halogens is 1. The van der Waals surface area contributed by atoms with E-state index in [-0.39, 0.29) is 29.9 Å². The van der Waals surface area contributed by atoms with Crippen LogP contribution in [0.1, 0.15) is 10.5 Å². The number of nitrogens with one attached hydrogen (secondary N) is 1. The van der Waals surface area contributed by atoms with E-state index in [4.69, 9.17) is 16.3 Å². The van der Waals surface area contributed by atoms with E-state index < -0.39 is 17.2 Å². The first-order chi connectivity index (χ1) is 12.9. The molecule has 0 unspecified atom stereocenters. The van der Waals surface area contributed by atoms with Crippen molar-refractivity contribution in [2.45, 2.75) is 0 Å². The van der Waals surface area contributed by atoms with Gasteiger partial charge in [0.15, 0.2) is 0 Å². The highest BCUT2D eigenvalue weighted by molar-refractivity contribution is 6.30. The molecular weight excluding hydrogens is 372 g/mol. The molecule has 0 aliphatic heterocycles. The topological polar surface area (TPSA) is 95.2 Å². The number of hydrogen-bond acceptors (Lipinski definition) is 5. The second-order valence-electron chi connectivity index (χ2n) is 5.84. The van der Waals surface area contributed by atoms with Crippen LogP contribution in [-0.2, 0) is 14.1 Å². The number of ether oxygens (including phenoxy) is 1. The highest BCUT2D eigenvalue weighted by atomic mass is 35.5. The van der Waals surface area contributed by atoms with Crippen LogP contribution in [0.4, 0.5) is 0 Å². The summed E-state index contributed by atoms with van der Waals surface area (Å²) in [5.41, 5.74) is -0.700. The molecule has 0 saturated heterocycles. The molecule has 27 heavy (non-hydrogen) atoms. The van der Waals surface area contributed by atoms with Gasteiger partial charge in [0.2, 0.25) is 0 Å². The average molecular weight is 389 g/mol. The molecule has 0 radical (unpaired) electrons. The second kappa shape index (κ2) is 7.63. The van der Waals surface area contributed by atoms with Crippen molar-refractivity contribution in [2.24, 2.45) is 14.1 Å². The molecule has 0 fully saturated rings. The van der Waals surface area contributed by atoms with Crippen molar-refractivity contribution in [3.05, 3.63) is 68.0 Å². The van der Waals surface area contributed by atoms with E-state index >= 15 is 0 Å². The van der Waals surface area contributed by atoms with Gasteiger partial charge in [-0.15, -0.1) is 0 Å². The molecule has 1 aromatic carbocycles. The molecule has 9 heteroatoms. The van der Waals surface area contributed by atoms with Gasteiger partial charge in [0.25, 0.3) is 11.5 Å². The van der Waals surface area contributed by atoms with Crippen molar-refractivity contribution in [1.82, 2.24) is 19.4 Å². The number of fused-ring (bicyclic) bond motifs is 1. The van der Waals surface area contributed by atoms with Gasteiger partial charge in [-0.25, -0.2) is 9.78 Å². The van der Waals surface area contributed by atoms with E-state index in [2.05, 4.69) is 10.3 Å². The van der Waals surface area contributed by atoms with E-state index in [1.165, 1.54) is 30.8 Å². The third-order valence-corrected chi connectivity index (χ3v) is 4.22. The van der Waals surface area contributed by atoms with Crippen molar-refractivity contribution in [3.8, 4) is 5.75 Å². The van der Waals surface area contributed by atoms with Crippen LogP contribution >= 0.6 is 11.6 Å². The predicted octanol–water partition coefficient (Wildman–Crippen LogP) is 1.09. The van der Waals surface area contributed by atoms with Gasteiger partial charge in [-0.1, -0.05) is 17.7 Å². The molecule has 3 rings (SSSR count). The molecule has 0 saturated carbocycles. The minimum absolute atomic E-state index is 0.105. The Morgan fingerprint density at radius 2 is 1.96 bits per heavy atom. The first-order valence-corrected chi connectivity index (χ1v) is 8.49. The van der Waals surface area contributed by atoms with Crippen LogP contribution in [0.15, 0.2) is 46.0 Å². The fourth-order valence-electron chi connectivity index (χ4n) is 2.56. The van der Waals surface area contributed by atoms with Crippen LogP contribution in [0.25, 0.3) is 11.0 Å². The molecule has 0 aliphatic carbocycles. The first-order valence-electron chi connectivity index (χ1n) is 8.12. The Bertz CT molecular complexity index is 1140. The zero-order valence-corrected chi connectivity index (χ0v) is 15.5. The van der Waals surface area contributed by atoms with E-state index in [1.807, 2.05) is 0 Å². The maximum atomic E-state index is 12.3. The summed E-state index contributed by atoms with van der Waals surface area (Å²) >= 11 is 5.87. The van der Waals surface area contributed by atoms with Gasteiger partial charge in [-0.2, -0.15) is 0 Å². The predicted molar refractivity (Wildman–Crippen MR) is 102 cm³/mol. The van der Waals surface area contributed by atoms with Crippen molar-refractivity contribution in [3.63, 3.8) is 0 Å². The Hall–Kier alpha value is -3.13. The molecule has 8 nitrogen and oxygen atoms in total. The zero-order chi connectivity index (χ0) is 19.6. The monoisotopic (exact) mass is 388 g/mol. The van der Waals surface area contributed by atoms with E-state index in [1.54, 1.807) is 24.3 Å². The Morgan fingerprint density at radius 1 is 1.19 bits per heavy atom. The Kier molecular flexibility index (Phi) is 5.27. The number of hydrogen-bond donors (Lipinski definition) is 1. The largest absolute Gasteiger partial charge is 0.492 e. The molecule has 0 aliphatic rings. The normalized spacial score (nSPS) is 10.8. The smallest absolute Gasteiger partial charge is 0.332 e. The molecule has 0 bridgehead atoms. The number of pyridine rings is 1. The summed E-state index contributed by atoms with van der Waals surface area (Å²) < 4.78 is 7.73. The summed E-state index contributed by atoms with van der Waals surface area (Å²) in [4.78, 5) is 40.6. The quantitative estimate of drug-likeness (QED) is 0.660. The Balaban J connectivity index is 1.71. The summed E-state index contributed by atoms with van der Waals surface area (Å²) in [6.07, 6.45) is 0. The standard InChI is InChI=1S/C18H17ClN4O4/c1-22-15-13(17(25)23(2)18(22)26)6-7-14(21-15)16(24)20-8-9-27-12-5-3-4-11(19)10-12/h3-7,10H,8-9H2,1-2H3,(H,20,24). The first kappa shape index (κ1) is 18.7. The lowest BCUT2D eigenvalue weighted by molar-refractivity contribution is 0.0942. The summed E-state index contributed by atoms with van der Waals surface area (Å²) in [5, 5.41) is 3.51. The maximum Gasteiger partial charge on any atom is 0.332 e. The van der Waals surface area contributed by atoms with Crippen LogP contribution < -0.4 is 21.3 Å². The van der Waals surface area contributed by atoms with Crippen molar-refractivity contribution in [2.75, 3.05) is 13.2 Å². The number of carbonyl (C=O) groups excluding carboxylic acids is 1. The number of aryl methyl sites for hydroxylation is 1. The Labute approximate surface area is 159 Å². The SMILES string of the molecule is Cn1c(=O)c2ccc(C(=O)NCCOc3cccc(Cl)c3)nc2n(C)c1=O. The van der Waals surface area contributed by atoms with Crippen LogP contribution in [-0.4, -0.2) is 33.2 Å². The number of aromatic nitrogens is 3. The average Bonchev–Trinajstić information content (AvgIpc) is 2.67. The molecular formula is C18H17ClN4O4. The van der Waals surface area contributed by atoms with Crippen molar-refractivity contribution < 1.29 is 9.53 Å². The van der Waals surface area contributed by atoms with Crippen LogP contribution in [0, 0.1) is 0 Å². The van der Waals surface area contributed by atoms with Gasteiger partial charge in [-0.3, -0.25) is 18.7 Å². The molecule has 3 aromatic rings. The van der Waals surface area contributed by atoms with Crippen LogP contribution in [0.2, 0.25) is 5.02 Å². The lowest BCUT2D eigenvalue weighted by Crippen LogP contribution is -2.37. The molecule has 140 valence electrons. The van der Waals surface area contributed by atoms with Gasteiger partial charge < -0.3 is 10.1 Å². The lowest BCUT2D eigenvalue weighted by Gasteiger charge is -2.09. The fraction of sp³-hybridized carbons (Fsp3) is 0.222. The molecule has 0 spiro atoms. The van der Waals surface area contributed by atoms with Crippen molar-refractivity contribution in [1.29, 1.82) is 0 Å². The van der Waals surface area contributed by atoms with E-state index in [9.17, 15) is 14.4 Å². The van der Waals surface area contributed by atoms with Crippen LogP contribution in [0.5, 0.6) is 5.75 Å². The molecule has 1 N–H and O–H groups in total. The number of rotatable bonds is 5. The lowest BCUT2D eigenvalue weighted by atomic mass is 10.2. The van der Waals surface area contributed by atoms with Crippen LogP contribution in [0.3, 0.4) is 0 Å². The number of carbonyl (C=O) groups is 1. The Morgan fingerprint density at radius 3 is 2.70 bits per heavy atom. The highest BCUT2D eigenvalue weighted by Crippen LogP contribution is 2.16. The molecule has 1 amide bonds. The van der Waals surface area contributed by atoms with E-state index in [0.717, 1.165) is 4.57 Å². The summed E-state index contributed by atoms with van der Waals surface area (Å²) in [7, 11) is 2.89. The minimum atomic E-state index is -0.507. The van der Waals surface area contributed by atoms with Crippen molar-refractivity contribution >= 4 is 28.5 Å². The maximum absolute atomic E-state index is 12.3. The van der Waals surface area contributed by atoms with Gasteiger partial charge in [0, 0.05) is 19.1 Å². The minimum Gasteiger partial charge on any atom is -0.492 e. The highest BCUT2D eigenvalue weighted by Gasteiger charge is 2.13. The summed E-state index contributed by atoms with van der Waals surface area (Å²) in [5.74, 6) is 0.172. The molecule has 0 atom stereocenters. The molecule has 2 aromatic heterocycles. The second-order valence-corrected chi connectivity index (χ2v) is 6.27. The summed E-state index contributed by atoms with van der Waals surface area (Å²) in [6.45, 7) is 0.499. The van der Waals surface area contributed by atoms with Gasteiger partial charge in [-0.05, 0) is 30.3 Å². The number of amides is 1. The summed E-state index contributed by atoms with van der Waals surface area (Å²) in [6, 6.07) is 9.88. The third-order valence-electron chi connectivity index (χ3n) is 3.99. The number of benzene rings is 1. The molecule has 2 heterocycles. The van der Waals surface area contributed by atoms with Gasteiger partial charge >= 0.3 is 5.69 Å². The number of nitrogens with zero attached hydrogens (tertiary/aromatic N) is 3. The van der Waals surface area contributed by atoms with E-state index in [0.29, 0.717) is 10.8 Å². The van der Waals surface area contributed by atoms with Gasteiger partial charge in [0.05, 0.1) is 11.9 Å². The fourth-order valence-corrected chi connectivity index (χ4v) is 2.74. The zero-order valence-electron chi connectivity index (χ0n) is 14.7. The third kappa shape index (κ3) is 3.85.